The molecule has 2 nitrogen and oxygen atoms in total. The van der Waals surface area contributed by atoms with Crippen molar-refractivity contribution in [1.29, 1.82) is 0 Å². The lowest BCUT2D eigenvalue weighted by Gasteiger charge is -2.30. The Balaban J connectivity index is 3.72. The molecule has 0 spiro atoms. The Morgan fingerprint density at radius 3 is 2.21 bits per heavy atom. The van der Waals surface area contributed by atoms with Crippen molar-refractivity contribution in [2.75, 3.05) is 19.6 Å². The first-order valence-electron chi connectivity index (χ1n) is 5.84. The fourth-order valence-corrected chi connectivity index (χ4v) is 1.20. The van der Waals surface area contributed by atoms with Gasteiger partial charge in [0.25, 0.3) is 0 Å². The first kappa shape index (κ1) is 13.9. The summed E-state index contributed by atoms with van der Waals surface area (Å²) in [6, 6.07) is 0. The molecule has 0 radical (unpaired) electrons. The van der Waals surface area contributed by atoms with Gasteiger partial charge in [-0.25, -0.2) is 0 Å². The molecule has 0 saturated carbocycles. The van der Waals surface area contributed by atoms with Crippen LogP contribution in [-0.4, -0.2) is 19.6 Å². The van der Waals surface area contributed by atoms with Crippen molar-refractivity contribution in [2.45, 2.75) is 41.0 Å². The molecule has 1 unspecified atom stereocenters. The van der Waals surface area contributed by atoms with Gasteiger partial charge in [-0.05, 0) is 30.3 Å². The highest BCUT2D eigenvalue weighted by molar-refractivity contribution is 4.75. The van der Waals surface area contributed by atoms with Crippen LogP contribution in [0.15, 0.2) is 0 Å². The molecule has 0 heterocycles. The molecule has 0 aliphatic carbocycles. The van der Waals surface area contributed by atoms with Crippen LogP contribution in [0, 0.1) is 17.3 Å². The third-order valence-corrected chi connectivity index (χ3v) is 3.49. The summed E-state index contributed by atoms with van der Waals surface area (Å²) < 4.78 is 0. The van der Waals surface area contributed by atoms with Crippen LogP contribution in [0.3, 0.4) is 0 Å². The van der Waals surface area contributed by atoms with Crippen molar-refractivity contribution in [3.63, 3.8) is 0 Å². The van der Waals surface area contributed by atoms with Gasteiger partial charge in [0.05, 0.1) is 0 Å². The summed E-state index contributed by atoms with van der Waals surface area (Å²) >= 11 is 0. The van der Waals surface area contributed by atoms with Crippen LogP contribution in [0.5, 0.6) is 0 Å². The highest BCUT2D eigenvalue weighted by atomic mass is 14.9. The zero-order chi connectivity index (χ0) is 11.2. The van der Waals surface area contributed by atoms with Crippen LogP contribution in [-0.2, 0) is 0 Å². The number of hydrogen-bond acceptors (Lipinski definition) is 2. The van der Waals surface area contributed by atoms with Gasteiger partial charge in [0.1, 0.15) is 0 Å². The molecular formula is C12H28N2. The monoisotopic (exact) mass is 200 g/mol. The van der Waals surface area contributed by atoms with Crippen molar-refractivity contribution in [3.8, 4) is 0 Å². The molecule has 0 saturated heterocycles. The lowest BCUT2D eigenvalue weighted by molar-refractivity contribution is 0.233. The highest BCUT2D eigenvalue weighted by Gasteiger charge is 2.21. The van der Waals surface area contributed by atoms with E-state index in [-0.39, 0.29) is 0 Å². The Labute approximate surface area is 89.6 Å². The minimum atomic E-state index is 0.382. The van der Waals surface area contributed by atoms with E-state index in [0.29, 0.717) is 17.3 Å². The molecule has 0 aromatic rings. The van der Waals surface area contributed by atoms with Crippen LogP contribution in [0.1, 0.15) is 41.0 Å². The predicted molar refractivity (Wildman–Crippen MR) is 64.3 cm³/mol. The second kappa shape index (κ2) is 6.41. The van der Waals surface area contributed by atoms with E-state index in [1.807, 2.05) is 0 Å². The van der Waals surface area contributed by atoms with Gasteiger partial charge in [-0.1, -0.05) is 41.0 Å². The Morgan fingerprint density at radius 2 is 1.86 bits per heavy atom. The summed E-state index contributed by atoms with van der Waals surface area (Å²) in [5.41, 5.74) is 6.03. The summed E-state index contributed by atoms with van der Waals surface area (Å²) in [6.07, 6.45) is 1.17. The zero-order valence-electron chi connectivity index (χ0n) is 10.6. The first-order valence-corrected chi connectivity index (χ1v) is 5.84. The Kier molecular flexibility index (Phi) is 6.38. The second-order valence-electron chi connectivity index (χ2n) is 5.28. The van der Waals surface area contributed by atoms with E-state index in [1.165, 1.54) is 6.42 Å². The zero-order valence-corrected chi connectivity index (χ0v) is 10.6. The van der Waals surface area contributed by atoms with E-state index in [1.54, 1.807) is 0 Å². The van der Waals surface area contributed by atoms with E-state index in [4.69, 9.17) is 5.73 Å². The molecule has 0 fully saturated rings. The molecule has 0 aliphatic rings. The maximum absolute atomic E-state index is 5.65. The van der Waals surface area contributed by atoms with E-state index in [0.717, 1.165) is 19.6 Å². The second-order valence-corrected chi connectivity index (χ2v) is 5.28. The number of nitrogens with two attached hydrogens (primary N) is 1. The summed E-state index contributed by atoms with van der Waals surface area (Å²) in [6.45, 7) is 14.3. The Hall–Kier alpha value is -0.0800. The van der Waals surface area contributed by atoms with Crippen molar-refractivity contribution in [1.82, 2.24) is 5.32 Å². The van der Waals surface area contributed by atoms with Gasteiger partial charge >= 0.3 is 0 Å². The number of hydrogen-bond donors (Lipinski definition) is 2. The van der Waals surface area contributed by atoms with Crippen molar-refractivity contribution < 1.29 is 0 Å². The largest absolute Gasteiger partial charge is 0.330 e. The molecule has 0 aliphatic heterocycles. The quantitative estimate of drug-likeness (QED) is 0.661. The SMILES string of the molecule is CCC(CN)CNCC(C)(C)C(C)C. The third kappa shape index (κ3) is 4.97. The third-order valence-electron chi connectivity index (χ3n) is 3.49. The topological polar surface area (TPSA) is 38.0 Å². The fraction of sp³-hybridized carbons (Fsp3) is 1.00. The molecular weight excluding hydrogens is 172 g/mol. The van der Waals surface area contributed by atoms with Crippen molar-refractivity contribution in [2.24, 2.45) is 23.0 Å². The lowest BCUT2D eigenvalue weighted by atomic mass is 9.81. The van der Waals surface area contributed by atoms with Crippen molar-refractivity contribution in [3.05, 3.63) is 0 Å². The molecule has 0 bridgehead atoms. The van der Waals surface area contributed by atoms with Crippen LogP contribution < -0.4 is 11.1 Å². The molecule has 86 valence electrons. The van der Waals surface area contributed by atoms with Crippen molar-refractivity contribution >= 4 is 0 Å². The summed E-state index contributed by atoms with van der Waals surface area (Å²) in [5, 5.41) is 3.53. The van der Waals surface area contributed by atoms with Gasteiger partial charge in [0.2, 0.25) is 0 Å². The summed E-state index contributed by atoms with van der Waals surface area (Å²) in [7, 11) is 0. The first-order chi connectivity index (χ1) is 6.44. The fourth-order valence-electron chi connectivity index (χ4n) is 1.20. The highest BCUT2D eigenvalue weighted by Crippen LogP contribution is 2.24. The Bertz CT molecular complexity index is 137. The maximum atomic E-state index is 5.65. The average molecular weight is 200 g/mol. The van der Waals surface area contributed by atoms with E-state index >= 15 is 0 Å². The van der Waals surface area contributed by atoms with Gasteiger partial charge in [0.15, 0.2) is 0 Å². The van der Waals surface area contributed by atoms with Crippen LogP contribution in [0.4, 0.5) is 0 Å². The average Bonchev–Trinajstić information content (AvgIpc) is 2.12. The molecule has 2 heteroatoms. The molecule has 0 rings (SSSR count). The molecule has 1 atom stereocenters. The van der Waals surface area contributed by atoms with Crippen LogP contribution in [0.25, 0.3) is 0 Å². The molecule has 14 heavy (non-hydrogen) atoms. The predicted octanol–water partition coefficient (Wildman–Crippen LogP) is 2.24. The van der Waals surface area contributed by atoms with E-state index < -0.39 is 0 Å². The van der Waals surface area contributed by atoms with Crippen LogP contribution in [0.2, 0.25) is 0 Å². The van der Waals surface area contributed by atoms with Crippen LogP contribution >= 0.6 is 0 Å². The molecule has 0 amide bonds. The minimum absolute atomic E-state index is 0.382. The normalized spacial score (nSPS) is 14.8. The smallest absolute Gasteiger partial charge is 0.000509 e. The van der Waals surface area contributed by atoms with E-state index in [9.17, 15) is 0 Å². The summed E-state index contributed by atoms with van der Waals surface area (Å²) in [4.78, 5) is 0. The van der Waals surface area contributed by atoms with Gasteiger partial charge in [0, 0.05) is 6.54 Å². The van der Waals surface area contributed by atoms with E-state index in [2.05, 4.69) is 39.9 Å². The lowest BCUT2D eigenvalue weighted by Crippen LogP contribution is -2.37. The number of nitrogens with one attached hydrogen (secondary N) is 1. The minimum Gasteiger partial charge on any atom is -0.330 e. The number of rotatable bonds is 7. The maximum Gasteiger partial charge on any atom is 0.000509 e. The molecule has 0 aromatic carbocycles. The van der Waals surface area contributed by atoms with Gasteiger partial charge in [-0.3, -0.25) is 0 Å². The summed E-state index contributed by atoms with van der Waals surface area (Å²) in [5.74, 6) is 1.35. The van der Waals surface area contributed by atoms with Gasteiger partial charge in [-0.2, -0.15) is 0 Å². The van der Waals surface area contributed by atoms with Gasteiger partial charge < -0.3 is 11.1 Å². The Morgan fingerprint density at radius 1 is 1.29 bits per heavy atom. The standard InChI is InChI=1S/C12H28N2/c1-6-11(7-13)8-14-9-12(4,5)10(2)3/h10-11,14H,6-9,13H2,1-5H3. The van der Waals surface area contributed by atoms with Gasteiger partial charge in [-0.15, -0.1) is 0 Å². The molecule has 0 aromatic heterocycles. The molecule has 3 N–H and O–H groups in total.